The van der Waals surface area contributed by atoms with E-state index in [4.69, 9.17) is 19.8 Å². The van der Waals surface area contributed by atoms with Gasteiger partial charge in [0.1, 0.15) is 0 Å². The number of rotatable bonds is 3. The lowest BCUT2D eigenvalue weighted by Crippen LogP contribution is -2.52. The van der Waals surface area contributed by atoms with Crippen LogP contribution in [0.1, 0.15) is 51.0 Å². The van der Waals surface area contributed by atoms with E-state index >= 15 is 0 Å². The molecule has 2 N–H and O–H groups in total. The van der Waals surface area contributed by atoms with E-state index < -0.39 is 11.9 Å². The lowest BCUT2D eigenvalue weighted by molar-refractivity contribution is -0.159. The van der Waals surface area contributed by atoms with E-state index in [0.717, 1.165) is 12.0 Å². The Kier molecular flexibility index (Phi) is 8.25. The highest BCUT2D eigenvalue weighted by Crippen LogP contribution is 2.34. The molecular formula is C21H32N2O4. The van der Waals surface area contributed by atoms with Crippen molar-refractivity contribution in [2.24, 2.45) is 0 Å². The Labute approximate surface area is 161 Å². The van der Waals surface area contributed by atoms with Crippen LogP contribution in [0.15, 0.2) is 30.3 Å². The molecule has 0 amide bonds. The summed E-state index contributed by atoms with van der Waals surface area (Å²) in [6.07, 6.45) is 5.53. The molecule has 0 unspecified atom stereocenters. The van der Waals surface area contributed by atoms with Gasteiger partial charge >= 0.3 is 11.9 Å². The van der Waals surface area contributed by atoms with Crippen molar-refractivity contribution in [3.05, 3.63) is 35.9 Å². The third-order valence-corrected chi connectivity index (χ3v) is 5.75. The van der Waals surface area contributed by atoms with Crippen LogP contribution in [0.25, 0.3) is 0 Å². The Balaban J connectivity index is 0.000000380. The normalized spacial score (nSPS) is 24.1. The number of benzene rings is 1. The van der Waals surface area contributed by atoms with Crippen LogP contribution < -0.4 is 0 Å². The first-order valence-electron chi connectivity index (χ1n) is 9.87. The third kappa shape index (κ3) is 6.63. The molecule has 0 bridgehead atoms. The summed E-state index contributed by atoms with van der Waals surface area (Å²) < 4.78 is 0. The number of aliphatic carboxylic acids is 2. The summed E-state index contributed by atoms with van der Waals surface area (Å²) in [5, 5.41) is 14.8. The first-order valence-corrected chi connectivity index (χ1v) is 9.87. The average Bonchev–Trinajstić information content (AvgIpc) is 2.69. The summed E-state index contributed by atoms with van der Waals surface area (Å²) in [7, 11) is 0. The SMILES string of the molecule is CC(C)N1CCN(C2CCC(c3ccccc3)CC2)CC1.O=C(O)C(=O)O. The topological polar surface area (TPSA) is 81.1 Å². The van der Waals surface area contributed by atoms with Crippen molar-refractivity contribution < 1.29 is 19.8 Å². The van der Waals surface area contributed by atoms with Crippen LogP contribution in [-0.2, 0) is 9.59 Å². The molecule has 1 aliphatic heterocycles. The number of hydrogen-bond donors (Lipinski definition) is 2. The van der Waals surface area contributed by atoms with Crippen LogP contribution in [0.3, 0.4) is 0 Å². The van der Waals surface area contributed by atoms with Crippen molar-refractivity contribution >= 4 is 11.9 Å². The molecular weight excluding hydrogens is 344 g/mol. The summed E-state index contributed by atoms with van der Waals surface area (Å²) in [6, 6.07) is 12.7. The van der Waals surface area contributed by atoms with Gasteiger partial charge in [-0.25, -0.2) is 9.59 Å². The molecule has 0 radical (unpaired) electrons. The quantitative estimate of drug-likeness (QED) is 0.790. The monoisotopic (exact) mass is 376 g/mol. The molecule has 6 nitrogen and oxygen atoms in total. The second kappa shape index (κ2) is 10.4. The zero-order valence-corrected chi connectivity index (χ0v) is 16.4. The van der Waals surface area contributed by atoms with E-state index in [1.807, 2.05) is 0 Å². The maximum Gasteiger partial charge on any atom is 0.414 e. The van der Waals surface area contributed by atoms with E-state index in [2.05, 4.69) is 54.0 Å². The molecule has 0 spiro atoms. The van der Waals surface area contributed by atoms with Gasteiger partial charge in [0.2, 0.25) is 0 Å². The van der Waals surface area contributed by atoms with E-state index in [9.17, 15) is 0 Å². The summed E-state index contributed by atoms with van der Waals surface area (Å²) >= 11 is 0. The summed E-state index contributed by atoms with van der Waals surface area (Å²) in [5.41, 5.74) is 1.56. The fourth-order valence-electron chi connectivity index (χ4n) is 4.12. The highest BCUT2D eigenvalue weighted by Gasteiger charge is 2.29. The van der Waals surface area contributed by atoms with Crippen LogP contribution in [0.5, 0.6) is 0 Å². The number of nitrogens with zero attached hydrogens (tertiary/aromatic N) is 2. The van der Waals surface area contributed by atoms with Crippen LogP contribution in [0.2, 0.25) is 0 Å². The Morgan fingerprint density at radius 3 is 1.85 bits per heavy atom. The van der Waals surface area contributed by atoms with Crippen LogP contribution in [0, 0.1) is 0 Å². The van der Waals surface area contributed by atoms with Gasteiger partial charge in [-0.05, 0) is 51.0 Å². The van der Waals surface area contributed by atoms with Crippen molar-refractivity contribution in [3.63, 3.8) is 0 Å². The minimum atomic E-state index is -1.82. The molecule has 3 rings (SSSR count). The fraction of sp³-hybridized carbons (Fsp3) is 0.619. The molecule has 1 aliphatic carbocycles. The Morgan fingerprint density at radius 2 is 1.41 bits per heavy atom. The van der Waals surface area contributed by atoms with Crippen molar-refractivity contribution in [2.45, 2.75) is 57.5 Å². The second-order valence-corrected chi connectivity index (χ2v) is 7.69. The Bertz CT molecular complexity index is 577. The van der Waals surface area contributed by atoms with Gasteiger partial charge in [0.25, 0.3) is 0 Å². The molecule has 2 aliphatic rings. The van der Waals surface area contributed by atoms with Gasteiger partial charge in [0.15, 0.2) is 0 Å². The number of carbonyl (C=O) groups is 2. The molecule has 1 saturated heterocycles. The standard InChI is InChI=1S/C19H30N2.C2H2O4/c1-16(2)20-12-14-21(15-13-20)19-10-8-18(9-11-19)17-6-4-3-5-7-17;3-1(4)2(5)6/h3-7,16,18-19H,8-15H2,1-2H3;(H,3,4)(H,5,6). The maximum atomic E-state index is 9.10. The molecule has 1 saturated carbocycles. The van der Waals surface area contributed by atoms with Crippen molar-refractivity contribution in [1.82, 2.24) is 9.80 Å². The van der Waals surface area contributed by atoms with Crippen molar-refractivity contribution in [1.29, 1.82) is 0 Å². The van der Waals surface area contributed by atoms with Gasteiger partial charge in [0, 0.05) is 38.3 Å². The molecule has 1 aromatic rings. The molecule has 27 heavy (non-hydrogen) atoms. The lowest BCUT2D eigenvalue weighted by Gasteiger charge is -2.43. The molecule has 1 heterocycles. The minimum absolute atomic E-state index is 0.709. The molecule has 1 aromatic carbocycles. The largest absolute Gasteiger partial charge is 0.473 e. The fourth-order valence-corrected chi connectivity index (χ4v) is 4.12. The van der Waals surface area contributed by atoms with E-state index in [1.165, 1.54) is 51.9 Å². The van der Waals surface area contributed by atoms with Gasteiger partial charge in [-0.3, -0.25) is 9.80 Å². The van der Waals surface area contributed by atoms with Gasteiger partial charge in [-0.1, -0.05) is 30.3 Å². The lowest BCUT2D eigenvalue weighted by atomic mass is 9.81. The average molecular weight is 376 g/mol. The molecule has 0 aromatic heterocycles. The van der Waals surface area contributed by atoms with Crippen molar-refractivity contribution in [3.8, 4) is 0 Å². The highest BCUT2D eigenvalue weighted by atomic mass is 16.4. The second-order valence-electron chi connectivity index (χ2n) is 7.69. The van der Waals surface area contributed by atoms with E-state index in [0.29, 0.717) is 6.04 Å². The highest BCUT2D eigenvalue weighted by molar-refractivity contribution is 6.27. The van der Waals surface area contributed by atoms with Crippen LogP contribution in [0.4, 0.5) is 0 Å². The third-order valence-electron chi connectivity index (χ3n) is 5.75. The maximum absolute atomic E-state index is 9.10. The summed E-state index contributed by atoms with van der Waals surface area (Å²) in [4.78, 5) is 23.6. The molecule has 150 valence electrons. The predicted octanol–water partition coefficient (Wildman–Crippen LogP) is 2.89. The van der Waals surface area contributed by atoms with Crippen LogP contribution in [-0.4, -0.2) is 70.2 Å². The van der Waals surface area contributed by atoms with Crippen LogP contribution >= 0.6 is 0 Å². The zero-order valence-electron chi connectivity index (χ0n) is 16.4. The number of carboxylic acids is 2. The van der Waals surface area contributed by atoms with Gasteiger partial charge < -0.3 is 10.2 Å². The predicted molar refractivity (Wildman–Crippen MR) is 105 cm³/mol. The minimum Gasteiger partial charge on any atom is -0.473 e. The Hall–Kier alpha value is -1.92. The Morgan fingerprint density at radius 1 is 0.889 bits per heavy atom. The summed E-state index contributed by atoms with van der Waals surface area (Å²) in [6.45, 7) is 9.71. The summed E-state index contributed by atoms with van der Waals surface area (Å²) in [5.74, 6) is -2.84. The molecule has 6 heteroatoms. The number of hydrogen-bond acceptors (Lipinski definition) is 4. The zero-order chi connectivity index (χ0) is 19.8. The van der Waals surface area contributed by atoms with E-state index in [1.54, 1.807) is 5.56 Å². The number of carboxylic acid groups (broad SMARTS) is 2. The first-order chi connectivity index (χ1) is 12.9. The smallest absolute Gasteiger partial charge is 0.414 e. The molecule has 0 atom stereocenters. The van der Waals surface area contributed by atoms with E-state index in [-0.39, 0.29) is 0 Å². The molecule has 2 fully saturated rings. The van der Waals surface area contributed by atoms with Gasteiger partial charge in [-0.2, -0.15) is 0 Å². The van der Waals surface area contributed by atoms with Gasteiger partial charge in [-0.15, -0.1) is 0 Å². The van der Waals surface area contributed by atoms with Crippen molar-refractivity contribution in [2.75, 3.05) is 26.2 Å². The number of piperazine rings is 1. The first kappa shape index (κ1) is 21.4. The van der Waals surface area contributed by atoms with Gasteiger partial charge in [0.05, 0.1) is 0 Å².